The van der Waals surface area contributed by atoms with Gasteiger partial charge in [0.1, 0.15) is 5.82 Å². The molecule has 0 bridgehead atoms. The monoisotopic (exact) mass is 365 g/mol. The van der Waals surface area contributed by atoms with Crippen LogP contribution in [-0.2, 0) is 4.79 Å². The van der Waals surface area contributed by atoms with Crippen LogP contribution in [0.3, 0.4) is 0 Å². The standard InChI is InChI=1S/C20H20FN5O/c21-17-12-16(13-22-14-17)18-4-1-2-9-26(18)19(27)15-5-10-25(11-6-15)20-23-7-3-8-24-20/h1,3,7-9,12-15,18H,4-6,10-11H2. The van der Waals surface area contributed by atoms with Gasteiger partial charge < -0.3 is 9.80 Å². The Morgan fingerprint density at radius 2 is 1.96 bits per heavy atom. The van der Waals surface area contributed by atoms with Crippen LogP contribution in [-0.4, -0.2) is 38.8 Å². The minimum Gasteiger partial charge on any atom is -0.341 e. The molecule has 0 radical (unpaired) electrons. The first-order valence-corrected chi connectivity index (χ1v) is 9.08. The highest BCUT2D eigenvalue weighted by molar-refractivity contribution is 5.80. The summed E-state index contributed by atoms with van der Waals surface area (Å²) < 4.78 is 13.6. The molecule has 1 unspecified atom stereocenters. The lowest BCUT2D eigenvalue weighted by atomic mass is 9.93. The Balaban J connectivity index is 1.46. The summed E-state index contributed by atoms with van der Waals surface area (Å²) in [7, 11) is 0. The van der Waals surface area contributed by atoms with Crippen molar-refractivity contribution < 1.29 is 9.18 Å². The summed E-state index contributed by atoms with van der Waals surface area (Å²) in [6, 6.07) is 3.00. The number of hydrogen-bond acceptors (Lipinski definition) is 5. The second-order valence-electron chi connectivity index (χ2n) is 6.74. The van der Waals surface area contributed by atoms with E-state index in [0.717, 1.165) is 25.9 Å². The molecule has 0 aromatic carbocycles. The lowest BCUT2D eigenvalue weighted by molar-refractivity contribution is -0.135. The average Bonchev–Trinajstić information content (AvgIpc) is 2.74. The summed E-state index contributed by atoms with van der Waals surface area (Å²) in [5.41, 5.74) is 3.72. The van der Waals surface area contributed by atoms with E-state index in [0.29, 0.717) is 17.9 Å². The first kappa shape index (κ1) is 17.4. The van der Waals surface area contributed by atoms with Gasteiger partial charge in [-0.25, -0.2) is 14.4 Å². The lowest BCUT2D eigenvalue weighted by Gasteiger charge is -2.36. The number of carbonyl (C=O) groups is 1. The second kappa shape index (κ2) is 7.68. The molecule has 27 heavy (non-hydrogen) atoms. The molecule has 0 aliphatic carbocycles. The van der Waals surface area contributed by atoms with Crippen LogP contribution in [0.2, 0.25) is 0 Å². The SMILES string of the molecule is O=C(C1CCN(c2ncccn2)CC1)N1C=C=CCC1c1cncc(F)c1. The van der Waals surface area contributed by atoms with Crippen molar-refractivity contribution in [3.05, 3.63) is 66.3 Å². The van der Waals surface area contributed by atoms with Crippen LogP contribution in [0.15, 0.2) is 54.9 Å². The smallest absolute Gasteiger partial charge is 0.230 e. The normalized spacial score (nSPS) is 20.1. The van der Waals surface area contributed by atoms with Crippen molar-refractivity contribution in [3.8, 4) is 0 Å². The summed E-state index contributed by atoms with van der Waals surface area (Å²) in [6.07, 6.45) is 11.9. The van der Waals surface area contributed by atoms with Gasteiger partial charge in [0.25, 0.3) is 0 Å². The molecule has 2 aromatic rings. The first-order chi connectivity index (χ1) is 13.2. The Bertz CT molecular complexity index is 873. The topological polar surface area (TPSA) is 62.2 Å². The quantitative estimate of drug-likeness (QED) is 0.783. The van der Waals surface area contributed by atoms with Gasteiger partial charge in [0.2, 0.25) is 11.9 Å². The second-order valence-corrected chi connectivity index (χ2v) is 6.74. The molecule has 1 atom stereocenters. The van der Waals surface area contributed by atoms with E-state index in [1.54, 1.807) is 35.8 Å². The lowest BCUT2D eigenvalue weighted by Crippen LogP contribution is -2.42. The third-order valence-electron chi connectivity index (χ3n) is 5.05. The maximum absolute atomic E-state index is 13.6. The highest BCUT2D eigenvalue weighted by atomic mass is 19.1. The Morgan fingerprint density at radius 3 is 2.70 bits per heavy atom. The summed E-state index contributed by atoms with van der Waals surface area (Å²) in [5, 5.41) is 0. The fourth-order valence-corrected chi connectivity index (χ4v) is 3.63. The van der Waals surface area contributed by atoms with E-state index < -0.39 is 5.82 Å². The van der Waals surface area contributed by atoms with Crippen LogP contribution >= 0.6 is 0 Å². The largest absolute Gasteiger partial charge is 0.341 e. The maximum Gasteiger partial charge on any atom is 0.230 e. The highest BCUT2D eigenvalue weighted by Crippen LogP contribution is 2.31. The molecular formula is C20H20FN5O. The number of carbonyl (C=O) groups excluding carboxylic acids is 1. The molecule has 0 N–H and O–H groups in total. The number of aromatic nitrogens is 3. The molecular weight excluding hydrogens is 345 g/mol. The Kier molecular flexibility index (Phi) is 4.94. The zero-order chi connectivity index (χ0) is 18.6. The molecule has 1 saturated heterocycles. The van der Waals surface area contributed by atoms with E-state index in [-0.39, 0.29) is 17.9 Å². The molecule has 2 aliphatic rings. The fourth-order valence-electron chi connectivity index (χ4n) is 3.63. The molecule has 1 fully saturated rings. The van der Waals surface area contributed by atoms with Gasteiger partial charge in [-0.2, -0.15) is 0 Å². The van der Waals surface area contributed by atoms with Gasteiger partial charge in [0.15, 0.2) is 0 Å². The van der Waals surface area contributed by atoms with Crippen LogP contribution in [0.25, 0.3) is 0 Å². The predicted molar refractivity (Wildman–Crippen MR) is 98.0 cm³/mol. The molecule has 2 aliphatic heterocycles. The molecule has 4 rings (SSSR count). The summed E-state index contributed by atoms with van der Waals surface area (Å²) >= 11 is 0. The summed E-state index contributed by atoms with van der Waals surface area (Å²) in [4.78, 5) is 29.4. The zero-order valence-electron chi connectivity index (χ0n) is 14.8. The molecule has 6 nitrogen and oxygen atoms in total. The highest BCUT2D eigenvalue weighted by Gasteiger charge is 2.33. The number of amides is 1. The van der Waals surface area contributed by atoms with Gasteiger partial charge in [-0.05, 0) is 43.0 Å². The van der Waals surface area contributed by atoms with Gasteiger partial charge in [-0.15, -0.1) is 5.73 Å². The number of halogens is 1. The minimum absolute atomic E-state index is 0.0542. The van der Waals surface area contributed by atoms with Crippen molar-refractivity contribution in [2.45, 2.75) is 25.3 Å². The summed E-state index contributed by atoms with van der Waals surface area (Å²) in [5.74, 6) is 0.283. The van der Waals surface area contributed by atoms with Crippen LogP contribution < -0.4 is 4.90 Å². The Morgan fingerprint density at radius 1 is 1.19 bits per heavy atom. The van der Waals surface area contributed by atoms with Crippen molar-refractivity contribution in [1.82, 2.24) is 19.9 Å². The number of hydrogen-bond donors (Lipinski definition) is 0. The molecule has 2 aromatic heterocycles. The van der Waals surface area contributed by atoms with E-state index in [4.69, 9.17) is 0 Å². The molecule has 138 valence electrons. The van der Waals surface area contributed by atoms with Crippen LogP contribution in [0.4, 0.5) is 10.3 Å². The number of pyridine rings is 1. The van der Waals surface area contributed by atoms with Crippen molar-refractivity contribution in [3.63, 3.8) is 0 Å². The number of nitrogens with zero attached hydrogens (tertiary/aromatic N) is 5. The average molecular weight is 365 g/mol. The van der Waals surface area contributed by atoms with Gasteiger partial charge in [-0.1, -0.05) is 0 Å². The zero-order valence-corrected chi connectivity index (χ0v) is 14.8. The van der Waals surface area contributed by atoms with E-state index in [9.17, 15) is 9.18 Å². The van der Waals surface area contributed by atoms with Gasteiger partial charge >= 0.3 is 0 Å². The summed E-state index contributed by atoms with van der Waals surface area (Å²) in [6.45, 7) is 1.47. The van der Waals surface area contributed by atoms with Crippen molar-refractivity contribution >= 4 is 11.9 Å². The molecule has 7 heteroatoms. The molecule has 4 heterocycles. The Hall–Kier alpha value is -3.05. The minimum atomic E-state index is -0.394. The van der Waals surface area contributed by atoms with Gasteiger partial charge in [-0.3, -0.25) is 9.78 Å². The molecule has 0 spiro atoms. The van der Waals surface area contributed by atoms with Gasteiger partial charge in [0, 0.05) is 43.8 Å². The van der Waals surface area contributed by atoms with E-state index in [1.165, 1.54) is 12.3 Å². The number of anilines is 1. The van der Waals surface area contributed by atoms with E-state index >= 15 is 0 Å². The Labute approximate surface area is 157 Å². The maximum atomic E-state index is 13.6. The van der Waals surface area contributed by atoms with E-state index in [2.05, 4.69) is 25.6 Å². The fraction of sp³-hybridized carbons (Fsp3) is 0.350. The van der Waals surface area contributed by atoms with E-state index in [1.807, 2.05) is 6.08 Å². The predicted octanol–water partition coefficient (Wildman–Crippen LogP) is 2.87. The molecule has 1 amide bonds. The third kappa shape index (κ3) is 3.73. The number of rotatable bonds is 3. The number of piperidine rings is 1. The van der Waals surface area contributed by atoms with Crippen molar-refractivity contribution in [2.24, 2.45) is 5.92 Å². The third-order valence-corrected chi connectivity index (χ3v) is 5.05. The van der Waals surface area contributed by atoms with Crippen molar-refractivity contribution in [2.75, 3.05) is 18.0 Å². The van der Waals surface area contributed by atoms with Gasteiger partial charge in [0.05, 0.1) is 12.2 Å². The van der Waals surface area contributed by atoms with Crippen LogP contribution in [0.5, 0.6) is 0 Å². The van der Waals surface area contributed by atoms with Crippen LogP contribution in [0, 0.1) is 11.7 Å². The van der Waals surface area contributed by atoms with Crippen molar-refractivity contribution in [1.29, 1.82) is 0 Å². The first-order valence-electron chi connectivity index (χ1n) is 9.08. The van der Waals surface area contributed by atoms with Crippen LogP contribution in [0.1, 0.15) is 30.9 Å². The molecule has 0 saturated carbocycles.